The van der Waals surface area contributed by atoms with Gasteiger partial charge in [0.15, 0.2) is 0 Å². The first kappa shape index (κ1) is 14.3. The molecule has 0 radical (unpaired) electrons. The van der Waals surface area contributed by atoms with E-state index < -0.39 is 0 Å². The number of nitro benzene ring substituents is 1. The quantitative estimate of drug-likeness (QED) is 0.642. The summed E-state index contributed by atoms with van der Waals surface area (Å²) in [6.45, 7) is 2.23. The molecule has 1 aromatic rings. The maximum Gasteiger partial charge on any atom is 0.271 e. The number of rotatable bonds is 4. The Labute approximate surface area is 121 Å². The molecule has 104 valence electrons. The van der Waals surface area contributed by atoms with Gasteiger partial charge >= 0.3 is 0 Å². The summed E-state index contributed by atoms with van der Waals surface area (Å²) < 4.78 is 0.886. The molecule has 0 amide bonds. The molecule has 5 heteroatoms. The van der Waals surface area contributed by atoms with Gasteiger partial charge in [0.1, 0.15) is 0 Å². The van der Waals surface area contributed by atoms with Crippen LogP contribution >= 0.6 is 15.9 Å². The predicted molar refractivity (Wildman–Crippen MR) is 80.5 cm³/mol. The Bertz CT molecular complexity index is 465. The standard InChI is InChI=1S/C14H19BrN2O2/c1-2-10-4-3-5-11(8-10)16-14-9-12(17(18)19)6-7-13(14)15/h6-7,9-11,16H,2-5,8H2,1H3. The van der Waals surface area contributed by atoms with E-state index in [9.17, 15) is 10.1 Å². The second kappa shape index (κ2) is 6.37. The zero-order chi connectivity index (χ0) is 13.8. The number of nitrogens with zero attached hydrogens (tertiary/aromatic N) is 1. The minimum absolute atomic E-state index is 0.133. The van der Waals surface area contributed by atoms with E-state index in [0.717, 1.165) is 28.9 Å². The molecule has 0 saturated heterocycles. The maximum atomic E-state index is 10.8. The van der Waals surface area contributed by atoms with Gasteiger partial charge in [0.2, 0.25) is 0 Å². The van der Waals surface area contributed by atoms with Crippen LogP contribution in [0.1, 0.15) is 39.0 Å². The Morgan fingerprint density at radius 2 is 2.26 bits per heavy atom. The fraction of sp³-hybridized carbons (Fsp3) is 0.571. The molecule has 0 spiro atoms. The number of hydrogen-bond donors (Lipinski definition) is 1. The average molecular weight is 327 g/mol. The van der Waals surface area contributed by atoms with Crippen LogP contribution in [-0.2, 0) is 0 Å². The zero-order valence-corrected chi connectivity index (χ0v) is 12.6. The molecule has 2 atom stereocenters. The van der Waals surface area contributed by atoms with Gasteiger partial charge in [-0.3, -0.25) is 10.1 Å². The monoisotopic (exact) mass is 326 g/mol. The van der Waals surface area contributed by atoms with Gasteiger partial charge < -0.3 is 5.32 Å². The lowest BCUT2D eigenvalue weighted by Gasteiger charge is -2.30. The smallest absolute Gasteiger partial charge is 0.271 e. The minimum atomic E-state index is -0.354. The fourth-order valence-corrected chi connectivity index (χ4v) is 3.11. The van der Waals surface area contributed by atoms with Gasteiger partial charge in [0.25, 0.3) is 5.69 Å². The third kappa shape index (κ3) is 3.69. The van der Waals surface area contributed by atoms with Crippen LogP contribution in [0.5, 0.6) is 0 Å². The van der Waals surface area contributed by atoms with Crippen molar-refractivity contribution in [3.05, 3.63) is 32.8 Å². The Morgan fingerprint density at radius 1 is 1.47 bits per heavy atom. The summed E-state index contributed by atoms with van der Waals surface area (Å²) in [5.41, 5.74) is 0.963. The van der Waals surface area contributed by atoms with E-state index in [0.29, 0.717) is 6.04 Å². The normalized spacial score (nSPS) is 23.1. The number of benzene rings is 1. The van der Waals surface area contributed by atoms with Crippen LogP contribution in [0, 0.1) is 16.0 Å². The van der Waals surface area contributed by atoms with Crippen molar-refractivity contribution in [1.29, 1.82) is 0 Å². The first-order chi connectivity index (χ1) is 9.10. The van der Waals surface area contributed by atoms with E-state index >= 15 is 0 Å². The summed E-state index contributed by atoms with van der Waals surface area (Å²) in [5, 5.41) is 14.3. The highest BCUT2D eigenvalue weighted by molar-refractivity contribution is 9.10. The lowest BCUT2D eigenvalue weighted by Crippen LogP contribution is -2.27. The Morgan fingerprint density at radius 3 is 2.95 bits per heavy atom. The summed E-state index contributed by atoms with van der Waals surface area (Å²) in [6, 6.07) is 5.29. The third-order valence-corrected chi connectivity index (χ3v) is 4.57. The van der Waals surface area contributed by atoms with Gasteiger partial charge in [-0.2, -0.15) is 0 Å². The van der Waals surface area contributed by atoms with Gasteiger partial charge in [-0.25, -0.2) is 0 Å². The van der Waals surface area contributed by atoms with Crippen molar-refractivity contribution in [2.45, 2.75) is 45.1 Å². The fourth-order valence-electron chi connectivity index (χ4n) is 2.75. The van der Waals surface area contributed by atoms with Crippen LogP contribution in [0.2, 0.25) is 0 Å². The molecular formula is C14H19BrN2O2. The van der Waals surface area contributed by atoms with Gasteiger partial charge in [0, 0.05) is 22.6 Å². The number of nitrogens with one attached hydrogen (secondary N) is 1. The molecule has 1 aliphatic rings. The molecule has 2 unspecified atom stereocenters. The van der Waals surface area contributed by atoms with Crippen LogP contribution in [0.25, 0.3) is 0 Å². The number of anilines is 1. The topological polar surface area (TPSA) is 55.2 Å². The zero-order valence-electron chi connectivity index (χ0n) is 11.1. The molecule has 4 nitrogen and oxygen atoms in total. The van der Waals surface area contributed by atoms with Crippen molar-refractivity contribution in [2.75, 3.05) is 5.32 Å². The van der Waals surface area contributed by atoms with Crippen molar-refractivity contribution in [1.82, 2.24) is 0 Å². The first-order valence-corrected chi connectivity index (χ1v) is 7.60. The predicted octanol–water partition coefficient (Wildman–Crippen LogP) is 4.74. The van der Waals surface area contributed by atoms with Gasteiger partial charge in [-0.05, 0) is 40.8 Å². The van der Waals surface area contributed by atoms with Crippen LogP contribution in [0.3, 0.4) is 0 Å². The number of nitro groups is 1. The average Bonchev–Trinajstić information content (AvgIpc) is 2.41. The molecule has 1 N–H and O–H groups in total. The highest BCUT2D eigenvalue weighted by Crippen LogP contribution is 2.32. The lowest BCUT2D eigenvalue weighted by molar-refractivity contribution is -0.384. The third-order valence-electron chi connectivity index (χ3n) is 3.88. The summed E-state index contributed by atoms with van der Waals surface area (Å²) in [4.78, 5) is 10.5. The van der Waals surface area contributed by atoms with E-state index in [1.54, 1.807) is 12.1 Å². The number of halogens is 1. The second-order valence-electron chi connectivity index (χ2n) is 5.20. The van der Waals surface area contributed by atoms with E-state index in [4.69, 9.17) is 0 Å². The van der Waals surface area contributed by atoms with Crippen LogP contribution in [0.4, 0.5) is 11.4 Å². The molecule has 1 fully saturated rings. The first-order valence-electron chi connectivity index (χ1n) is 6.80. The number of non-ortho nitro benzene ring substituents is 1. The molecule has 0 aromatic heterocycles. The van der Waals surface area contributed by atoms with Crippen molar-refractivity contribution < 1.29 is 4.92 Å². The van der Waals surface area contributed by atoms with Crippen LogP contribution in [-0.4, -0.2) is 11.0 Å². The molecule has 2 rings (SSSR count). The van der Waals surface area contributed by atoms with Crippen LogP contribution < -0.4 is 5.32 Å². The lowest BCUT2D eigenvalue weighted by atomic mass is 9.84. The van der Waals surface area contributed by atoms with Crippen molar-refractivity contribution in [2.24, 2.45) is 5.92 Å². The van der Waals surface area contributed by atoms with E-state index in [1.807, 2.05) is 0 Å². The number of hydrogen-bond acceptors (Lipinski definition) is 3. The van der Waals surface area contributed by atoms with Crippen LogP contribution in [0.15, 0.2) is 22.7 Å². The molecule has 19 heavy (non-hydrogen) atoms. The summed E-state index contributed by atoms with van der Waals surface area (Å²) in [5.74, 6) is 0.781. The second-order valence-corrected chi connectivity index (χ2v) is 6.06. The molecule has 0 bridgehead atoms. The maximum absolute atomic E-state index is 10.8. The van der Waals surface area contributed by atoms with Crippen molar-refractivity contribution >= 4 is 27.3 Å². The molecule has 1 aromatic carbocycles. The SMILES string of the molecule is CCC1CCCC(Nc2cc([N+](=O)[O-])ccc2Br)C1. The molecule has 1 saturated carbocycles. The van der Waals surface area contributed by atoms with Gasteiger partial charge in [-0.1, -0.05) is 26.2 Å². The van der Waals surface area contributed by atoms with Gasteiger partial charge in [0.05, 0.1) is 10.6 Å². The minimum Gasteiger partial charge on any atom is -0.381 e. The highest BCUT2D eigenvalue weighted by Gasteiger charge is 2.21. The molecule has 0 heterocycles. The molecular weight excluding hydrogens is 308 g/mol. The van der Waals surface area contributed by atoms with Crippen molar-refractivity contribution in [3.8, 4) is 0 Å². The Kier molecular flexibility index (Phi) is 4.80. The Balaban J connectivity index is 2.09. The van der Waals surface area contributed by atoms with Gasteiger partial charge in [-0.15, -0.1) is 0 Å². The van der Waals surface area contributed by atoms with E-state index in [-0.39, 0.29) is 10.6 Å². The largest absolute Gasteiger partial charge is 0.381 e. The summed E-state index contributed by atoms with van der Waals surface area (Å²) in [7, 11) is 0. The summed E-state index contributed by atoms with van der Waals surface area (Å²) in [6.07, 6.45) is 6.07. The molecule has 1 aliphatic carbocycles. The van der Waals surface area contributed by atoms with E-state index in [1.165, 1.54) is 25.3 Å². The summed E-state index contributed by atoms with van der Waals surface area (Å²) >= 11 is 3.45. The highest BCUT2D eigenvalue weighted by atomic mass is 79.9. The van der Waals surface area contributed by atoms with Crippen molar-refractivity contribution in [3.63, 3.8) is 0 Å². The van der Waals surface area contributed by atoms with E-state index in [2.05, 4.69) is 28.2 Å². The Hall–Kier alpha value is -1.10. The molecule has 0 aliphatic heterocycles.